The van der Waals surface area contributed by atoms with Crippen LogP contribution in [0.5, 0.6) is 0 Å². The van der Waals surface area contributed by atoms with Gasteiger partial charge in [-0.2, -0.15) is 0 Å². The van der Waals surface area contributed by atoms with Gasteiger partial charge < -0.3 is 0 Å². The highest BCUT2D eigenvalue weighted by molar-refractivity contribution is 6.09. The Morgan fingerprint density at radius 1 is 0.500 bits per heavy atom. The molecule has 5 rings (SSSR count). The molecule has 0 fully saturated rings. The smallest absolute Gasteiger partial charge is 0.259 e. The summed E-state index contributed by atoms with van der Waals surface area (Å²) < 4.78 is 0. The number of hydrogen-bond donors (Lipinski definition) is 0. The third-order valence-electron chi connectivity index (χ3n) is 6.07. The molecule has 6 nitrogen and oxygen atoms in total. The molecular formula is C32H26N4O2. The number of carbonyl (C=O) groups excluding carboxylic acids is 2. The van der Waals surface area contributed by atoms with E-state index in [9.17, 15) is 9.59 Å². The molecule has 0 saturated carbocycles. The van der Waals surface area contributed by atoms with E-state index in [1.54, 1.807) is 58.6 Å². The van der Waals surface area contributed by atoms with Crippen LogP contribution in [0, 0.1) is 0 Å². The Hall–Kier alpha value is -5.10. The molecule has 0 unspecified atom stereocenters. The van der Waals surface area contributed by atoms with Gasteiger partial charge in [-0.15, -0.1) is 0 Å². The van der Waals surface area contributed by atoms with Gasteiger partial charge in [0, 0.05) is 23.5 Å². The lowest BCUT2D eigenvalue weighted by Crippen LogP contribution is -2.33. The highest BCUT2D eigenvalue weighted by Crippen LogP contribution is 2.21. The highest BCUT2D eigenvalue weighted by atomic mass is 16.2. The van der Waals surface area contributed by atoms with Gasteiger partial charge in [-0.1, -0.05) is 78.9 Å². The van der Waals surface area contributed by atoms with E-state index in [1.165, 1.54) is 0 Å². The van der Waals surface area contributed by atoms with Crippen LogP contribution in [0.25, 0.3) is 0 Å². The molecular weight excluding hydrogens is 472 g/mol. The Labute approximate surface area is 221 Å². The Morgan fingerprint density at radius 3 is 1.32 bits per heavy atom. The lowest BCUT2D eigenvalue weighted by molar-refractivity contribution is 0.0983. The molecule has 0 bridgehead atoms. The van der Waals surface area contributed by atoms with E-state index in [-0.39, 0.29) is 11.8 Å². The SMILES string of the molecule is O=C(c1cccc(C(=O)N(Cc2ccccc2)c2ccccn2)c1)N(Cc1ccccc1)c1ccccn1. The Kier molecular flexibility index (Phi) is 7.61. The summed E-state index contributed by atoms with van der Waals surface area (Å²) in [6, 6.07) is 37.3. The Morgan fingerprint density at radius 2 is 0.921 bits per heavy atom. The maximum atomic E-state index is 13.8. The third-order valence-corrected chi connectivity index (χ3v) is 6.07. The van der Waals surface area contributed by atoms with Gasteiger partial charge in [-0.25, -0.2) is 9.97 Å². The molecule has 5 aromatic rings. The molecule has 0 saturated heterocycles. The van der Waals surface area contributed by atoms with Gasteiger partial charge in [0.15, 0.2) is 0 Å². The summed E-state index contributed by atoms with van der Waals surface area (Å²) in [7, 11) is 0. The second-order valence-electron chi connectivity index (χ2n) is 8.71. The van der Waals surface area contributed by atoms with Crippen LogP contribution < -0.4 is 9.80 Å². The molecule has 0 aliphatic heterocycles. The van der Waals surface area contributed by atoms with E-state index in [4.69, 9.17) is 0 Å². The monoisotopic (exact) mass is 498 g/mol. The fraction of sp³-hybridized carbons (Fsp3) is 0.0625. The van der Waals surface area contributed by atoms with Gasteiger partial charge >= 0.3 is 0 Å². The largest absolute Gasteiger partial charge is 0.288 e. The van der Waals surface area contributed by atoms with Gasteiger partial charge in [0.05, 0.1) is 13.1 Å². The summed E-state index contributed by atoms with van der Waals surface area (Å²) in [6.07, 6.45) is 3.32. The van der Waals surface area contributed by atoms with Crippen molar-refractivity contribution in [3.63, 3.8) is 0 Å². The van der Waals surface area contributed by atoms with Gasteiger partial charge in [0.25, 0.3) is 11.8 Å². The number of rotatable bonds is 8. The summed E-state index contributed by atoms with van der Waals surface area (Å²) >= 11 is 0. The molecule has 3 aromatic carbocycles. The molecule has 0 atom stereocenters. The van der Waals surface area contributed by atoms with Crippen molar-refractivity contribution in [1.82, 2.24) is 9.97 Å². The topological polar surface area (TPSA) is 66.4 Å². The van der Waals surface area contributed by atoms with Crippen LogP contribution in [0.15, 0.2) is 134 Å². The highest BCUT2D eigenvalue weighted by Gasteiger charge is 2.23. The minimum atomic E-state index is -0.241. The van der Waals surface area contributed by atoms with Crippen molar-refractivity contribution in [2.75, 3.05) is 9.80 Å². The van der Waals surface area contributed by atoms with Crippen molar-refractivity contribution in [2.45, 2.75) is 13.1 Å². The van der Waals surface area contributed by atoms with E-state index >= 15 is 0 Å². The molecule has 186 valence electrons. The fourth-order valence-corrected chi connectivity index (χ4v) is 4.17. The summed E-state index contributed by atoms with van der Waals surface area (Å²) in [4.78, 5) is 39.7. The Balaban J connectivity index is 1.47. The average Bonchev–Trinajstić information content (AvgIpc) is 3.00. The maximum Gasteiger partial charge on any atom is 0.259 e. The van der Waals surface area contributed by atoms with Crippen molar-refractivity contribution in [1.29, 1.82) is 0 Å². The van der Waals surface area contributed by atoms with Crippen molar-refractivity contribution in [2.24, 2.45) is 0 Å². The average molecular weight is 499 g/mol. The number of aromatic nitrogens is 2. The lowest BCUT2D eigenvalue weighted by Gasteiger charge is -2.24. The zero-order valence-electron chi connectivity index (χ0n) is 20.7. The van der Waals surface area contributed by atoms with Crippen molar-refractivity contribution >= 4 is 23.5 Å². The third kappa shape index (κ3) is 5.82. The second kappa shape index (κ2) is 11.8. The van der Waals surface area contributed by atoms with Crippen molar-refractivity contribution in [3.05, 3.63) is 156 Å². The lowest BCUT2D eigenvalue weighted by atomic mass is 10.1. The van der Waals surface area contributed by atoms with Gasteiger partial charge in [-0.05, 0) is 53.6 Å². The number of carbonyl (C=O) groups is 2. The molecule has 0 N–H and O–H groups in total. The number of benzene rings is 3. The normalized spacial score (nSPS) is 10.5. The minimum Gasteiger partial charge on any atom is -0.288 e. The number of hydrogen-bond acceptors (Lipinski definition) is 4. The summed E-state index contributed by atoms with van der Waals surface area (Å²) in [6.45, 7) is 0.700. The molecule has 0 aliphatic carbocycles. The fourth-order valence-electron chi connectivity index (χ4n) is 4.17. The number of anilines is 2. The standard InChI is InChI=1S/C32H26N4O2/c37-31(35(29-18-7-9-20-33-29)23-25-12-3-1-4-13-25)27-16-11-17-28(22-27)32(38)36(30-19-8-10-21-34-30)24-26-14-5-2-6-15-26/h1-22H,23-24H2. The van der Waals surface area contributed by atoms with Crippen LogP contribution in [0.2, 0.25) is 0 Å². The molecule has 6 heteroatoms. The summed E-state index contributed by atoms with van der Waals surface area (Å²) in [5.74, 6) is 0.596. The number of nitrogens with zero attached hydrogens (tertiary/aromatic N) is 4. The summed E-state index contributed by atoms with van der Waals surface area (Å²) in [5.41, 5.74) is 2.75. The predicted octanol–water partition coefficient (Wildman–Crippen LogP) is 6.17. The first kappa shape index (κ1) is 24.6. The molecule has 0 spiro atoms. The molecule has 2 heterocycles. The van der Waals surface area contributed by atoms with Gasteiger partial charge in [-0.3, -0.25) is 19.4 Å². The molecule has 2 amide bonds. The van der Waals surface area contributed by atoms with E-state index in [0.29, 0.717) is 35.9 Å². The number of pyridine rings is 2. The first-order valence-corrected chi connectivity index (χ1v) is 12.3. The number of amides is 2. The molecule has 38 heavy (non-hydrogen) atoms. The first-order valence-electron chi connectivity index (χ1n) is 12.3. The van der Waals surface area contributed by atoms with Crippen LogP contribution in [-0.2, 0) is 13.1 Å². The van der Waals surface area contributed by atoms with Crippen LogP contribution in [0.3, 0.4) is 0 Å². The second-order valence-corrected chi connectivity index (χ2v) is 8.71. The van der Waals surface area contributed by atoms with Crippen molar-refractivity contribution < 1.29 is 9.59 Å². The quantitative estimate of drug-likeness (QED) is 0.257. The summed E-state index contributed by atoms with van der Waals surface area (Å²) in [5, 5.41) is 0. The Bertz CT molecular complexity index is 1380. The van der Waals surface area contributed by atoms with Gasteiger partial charge in [0.2, 0.25) is 0 Å². The zero-order chi connectivity index (χ0) is 26.2. The first-order chi connectivity index (χ1) is 18.7. The van der Waals surface area contributed by atoms with E-state index in [2.05, 4.69) is 9.97 Å². The van der Waals surface area contributed by atoms with Crippen LogP contribution in [0.1, 0.15) is 31.8 Å². The van der Waals surface area contributed by atoms with Crippen LogP contribution in [-0.4, -0.2) is 21.8 Å². The van der Waals surface area contributed by atoms with E-state index in [0.717, 1.165) is 11.1 Å². The maximum absolute atomic E-state index is 13.8. The predicted molar refractivity (Wildman–Crippen MR) is 149 cm³/mol. The minimum absolute atomic E-state index is 0.241. The molecule has 0 aliphatic rings. The molecule has 2 aromatic heterocycles. The van der Waals surface area contributed by atoms with Gasteiger partial charge in [0.1, 0.15) is 11.6 Å². The van der Waals surface area contributed by atoms with E-state index in [1.807, 2.05) is 84.9 Å². The van der Waals surface area contributed by atoms with Crippen molar-refractivity contribution in [3.8, 4) is 0 Å². The van der Waals surface area contributed by atoms with Crippen LogP contribution in [0.4, 0.5) is 11.6 Å². The van der Waals surface area contributed by atoms with Crippen LogP contribution >= 0.6 is 0 Å². The van der Waals surface area contributed by atoms with E-state index < -0.39 is 0 Å². The molecule has 0 radical (unpaired) electrons. The zero-order valence-corrected chi connectivity index (χ0v) is 20.7.